The van der Waals surface area contributed by atoms with E-state index in [2.05, 4.69) is 10.6 Å². The third-order valence-corrected chi connectivity index (χ3v) is 3.64. The first-order valence-electron chi connectivity index (χ1n) is 6.34. The number of anilines is 1. The lowest BCUT2D eigenvalue weighted by atomic mass is 9.90. The summed E-state index contributed by atoms with van der Waals surface area (Å²) in [5.41, 5.74) is 0.482. The fourth-order valence-electron chi connectivity index (χ4n) is 2.25. The molecule has 2 N–H and O–H groups in total. The molecule has 1 aromatic carbocycles. The number of carbonyl (C=O) groups excluding carboxylic acids is 1. The van der Waals surface area contributed by atoms with Crippen LogP contribution in [0.15, 0.2) is 18.2 Å². The first-order valence-corrected chi connectivity index (χ1v) is 6.34. The molecule has 1 saturated heterocycles. The van der Waals surface area contributed by atoms with Gasteiger partial charge in [0.05, 0.1) is 5.54 Å². The Bertz CT molecular complexity index is 453. The van der Waals surface area contributed by atoms with E-state index in [9.17, 15) is 9.18 Å². The summed E-state index contributed by atoms with van der Waals surface area (Å²) >= 11 is 0. The molecule has 0 saturated carbocycles. The molecule has 1 amide bonds. The van der Waals surface area contributed by atoms with E-state index >= 15 is 0 Å². The van der Waals surface area contributed by atoms with Crippen molar-refractivity contribution in [2.24, 2.45) is 0 Å². The third kappa shape index (κ3) is 2.53. The van der Waals surface area contributed by atoms with Crippen LogP contribution in [0, 0.1) is 12.7 Å². The zero-order chi connectivity index (χ0) is 13.2. The highest BCUT2D eigenvalue weighted by Gasteiger charge is 2.34. The van der Waals surface area contributed by atoms with E-state index < -0.39 is 5.54 Å². The van der Waals surface area contributed by atoms with Crippen LogP contribution in [-0.4, -0.2) is 18.0 Å². The average molecular weight is 250 g/mol. The first kappa shape index (κ1) is 13.0. The lowest BCUT2D eigenvalue weighted by molar-refractivity contribution is -0.122. The number of carbonyl (C=O) groups is 1. The Morgan fingerprint density at radius 1 is 1.44 bits per heavy atom. The Kier molecular flexibility index (Phi) is 3.66. The monoisotopic (exact) mass is 250 g/mol. The van der Waals surface area contributed by atoms with E-state index in [1.54, 1.807) is 19.1 Å². The molecule has 1 aliphatic rings. The maximum absolute atomic E-state index is 13.4. The second kappa shape index (κ2) is 5.06. The quantitative estimate of drug-likeness (QED) is 0.847. The van der Waals surface area contributed by atoms with Crippen LogP contribution in [0.1, 0.15) is 31.7 Å². The molecule has 4 heteroatoms. The molecule has 1 fully saturated rings. The van der Waals surface area contributed by atoms with Crippen molar-refractivity contribution in [3.05, 3.63) is 29.6 Å². The molecule has 0 spiro atoms. The number of nitrogens with one attached hydrogen (secondary N) is 2. The standard InChI is InChI=1S/C14H19FN2O/c1-10-11(15)6-5-7-12(10)17-13(18)14(2)8-3-4-9-16-14/h5-7,16H,3-4,8-9H2,1-2H3,(H,17,18). The first-order chi connectivity index (χ1) is 8.53. The zero-order valence-corrected chi connectivity index (χ0v) is 10.8. The van der Waals surface area contributed by atoms with Crippen molar-refractivity contribution >= 4 is 11.6 Å². The summed E-state index contributed by atoms with van der Waals surface area (Å²) in [6.07, 6.45) is 2.95. The van der Waals surface area contributed by atoms with Gasteiger partial charge < -0.3 is 10.6 Å². The van der Waals surface area contributed by atoms with Gasteiger partial charge in [-0.3, -0.25) is 4.79 Å². The highest BCUT2D eigenvalue weighted by Crippen LogP contribution is 2.23. The van der Waals surface area contributed by atoms with Gasteiger partial charge in [0.1, 0.15) is 5.82 Å². The highest BCUT2D eigenvalue weighted by molar-refractivity contribution is 5.98. The molecule has 0 aliphatic carbocycles. The Morgan fingerprint density at radius 3 is 2.89 bits per heavy atom. The predicted molar refractivity (Wildman–Crippen MR) is 70.0 cm³/mol. The molecule has 3 nitrogen and oxygen atoms in total. The molecular formula is C14H19FN2O. The van der Waals surface area contributed by atoms with Crippen molar-refractivity contribution in [3.8, 4) is 0 Å². The summed E-state index contributed by atoms with van der Waals surface area (Å²) in [4.78, 5) is 12.3. The van der Waals surface area contributed by atoms with Crippen molar-refractivity contribution in [1.29, 1.82) is 0 Å². The van der Waals surface area contributed by atoms with Crippen molar-refractivity contribution in [3.63, 3.8) is 0 Å². The normalized spacial score (nSPS) is 23.7. The van der Waals surface area contributed by atoms with E-state index in [-0.39, 0.29) is 11.7 Å². The number of halogens is 1. The van der Waals surface area contributed by atoms with E-state index in [1.807, 2.05) is 6.92 Å². The summed E-state index contributed by atoms with van der Waals surface area (Å²) in [7, 11) is 0. The fourth-order valence-corrected chi connectivity index (χ4v) is 2.25. The van der Waals surface area contributed by atoms with Gasteiger partial charge in [-0.05, 0) is 51.8 Å². The third-order valence-electron chi connectivity index (χ3n) is 3.64. The maximum Gasteiger partial charge on any atom is 0.244 e. The van der Waals surface area contributed by atoms with Crippen LogP contribution in [0.2, 0.25) is 0 Å². The summed E-state index contributed by atoms with van der Waals surface area (Å²) in [6.45, 7) is 4.42. The van der Waals surface area contributed by atoms with E-state index in [0.29, 0.717) is 11.3 Å². The van der Waals surface area contributed by atoms with Crippen molar-refractivity contribution in [2.75, 3.05) is 11.9 Å². The molecule has 1 unspecified atom stereocenters. The van der Waals surface area contributed by atoms with Gasteiger partial charge in [0.2, 0.25) is 5.91 Å². The molecule has 0 radical (unpaired) electrons. The van der Waals surface area contributed by atoms with Gasteiger partial charge in [-0.15, -0.1) is 0 Å². The maximum atomic E-state index is 13.4. The molecular weight excluding hydrogens is 231 g/mol. The van der Waals surface area contributed by atoms with Crippen molar-refractivity contribution in [1.82, 2.24) is 5.32 Å². The Hall–Kier alpha value is -1.42. The van der Waals surface area contributed by atoms with E-state index in [0.717, 1.165) is 25.8 Å². The number of hydrogen-bond donors (Lipinski definition) is 2. The lowest BCUT2D eigenvalue weighted by Crippen LogP contribution is -2.54. The fraction of sp³-hybridized carbons (Fsp3) is 0.500. The number of piperidine rings is 1. The van der Waals surface area contributed by atoms with Crippen LogP contribution < -0.4 is 10.6 Å². The summed E-state index contributed by atoms with van der Waals surface area (Å²) in [5.74, 6) is -0.384. The van der Waals surface area contributed by atoms with Crippen LogP contribution >= 0.6 is 0 Å². The molecule has 0 aromatic heterocycles. The minimum Gasteiger partial charge on any atom is -0.324 e. The van der Waals surface area contributed by atoms with Crippen molar-refractivity contribution < 1.29 is 9.18 Å². The van der Waals surface area contributed by atoms with E-state index in [1.165, 1.54) is 6.07 Å². The SMILES string of the molecule is Cc1c(F)cccc1NC(=O)C1(C)CCCCN1. The lowest BCUT2D eigenvalue weighted by Gasteiger charge is -2.33. The van der Waals surface area contributed by atoms with Crippen LogP contribution in [0.5, 0.6) is 0 Å². The minimum absolute atomic E-state index is 0.0871. The van der Waals surface area contributed by atoms with Crippen molar-refractivity contribution in [2.45, 2.75) is 38.6 Å². The molecule has 1 atom stereocenters. The second-order valence-corrected chi connectivity index (χ2v) is 5.08. The molecule has 18 heavy (non-hydrogen) atoms. The van der Waals surface area contributed by atoms with E-state index in [4.69, 9.17) is 0 Å². The van der Waals surface area contributed by atoms with Gasteiger partial charge in [-0.25, -0.2) is 4.39 Å². The predicted octanol–water partition coefficient (Wildman–Crippen LogP) is 2.60. The Balaban J connectivity index is 2.13. The average Bonchev–Trinajstić information content (AvgIpc) is 2.36. The number of amides is 1. The topological polar surface area (TPSA) is 41.1 Å². The van der Waals surface area contributed by atoms with Gasteiger partial charge >= 0.3 is 0 Å². The number of benzene rings is 1. The molecule has 98 valence electrons. The van der Waals surface area contributed by atoms with Crippen LogP contribution in [0.25, 0.3) is 0 Å². The Morgan fingerprint density at radius 2 is 2.22 bits per heavy atom. The highest BCUT2D eigenvalue weighted by atomic mass is 19.1. The molecule has 1 aromatic rings. The van der Waals surface area contributed by atoms with Gasteiger partial charge in [-0.1, -0.05) is 6.07 Å². The smallest absolute Gasteiger partial charge is 0.244 e. The minimum atomic E-state index is -0.545. The number of hydrogen-bond acceptors (Lipinski definition) is 2. The summed E-state index contributed by atoms with van der Waals surface area (Å²) in [5, 5.41) is 6.06. The van der Waals surface area contributed by atoms with Gasteiger partial charge in [0.15, 0.2) is 0 Å². The number of rotatable bonds is 2. The van der Waals surface area contributed by atoms with Gasteiger partial charge in [0.25, 0.3) is 0 Å². The molecule has 1 aliphatic heterocycles. The molecule has 1 heterocycles. The van der Waals surface area contributed by atoms with Crippen LogP contribution in [0.4, 0.5) is 10.1 Å². The summed E-state index contributed by atoms with van der Waals surface area (Å²) in [6, 6.07) is 4.72. The second-order valence-electron chi connectivity index (χ2n) is 5.08. The zero-order valence-electron chi connectivity index (χ0n) is 10.8. The summed E-state index contributed by atoms with van der Waals surface area (Å²) < 4.78 is 13.4. The molecule has 0 bridgehead atoms. The molecule has 2 rings (SSSR count). The van der Waals surface area contributed by atoms with Gasteiger partial charge in [-0.2, -0.15) is 0 Å². The van der Waals surface area contributed by atoms with Gasteiger partial charge in [0, 0.05) is 11.3 Å². The van der Waals surface area contributed by atoms with Crippen LogP contribution in [-0.2, 0) is 4.79 Å². The van der Waals surface area contributed by atoms with Crippen LogP contribution in [0.3, 0.4) is 0 Å². The largest absolute Gasteiger partial charge is 0.324 e. The Labute approximate surface area is 107 Å².